The third-order valence-electron chi connectivity index (χ3n) is 6.98. The van der Waals surface area contributed by atoms with Crippen molar-refractivity contribution in [1.82, 2.24) is 38.7 Å². The summed E-state index contributed by atoms with van der Waals surface area (Å²) < 4.78 is 8.67. The molecule has 1 unspecified atom stereocenters. The molecule has 2 N–H and O–H groups in total. The fourth-order valence-electron chi connectivity index (χ4n) is 4.83. The molecule has 1 atom stereocenters. The first-order valence-electron chi connectivity index (χ1n) is 13.5. The summed E-state index contributed by atoms with van der Waals surface area (Å²) in [6.07, 6.45) is 13.8. The van der Waals surface area contributed by atoms with Crippen LogP contribution < -0.4 is 10.6 Å². The van der Waals surface area contributed by atoms with Crippen molar-refractivity contribution in [3.8, 4) is 11.3 Å². The number of nitrogens with one attached hydrogen (secondary N) is 2. The Balaban J connectivity index is 0.000000366. The number of hydrogen-bond acceptors (Lipinski definition) is 8. The highest BCUT2D eigenvalue weighted by Gasteiger charge is 2.20. The lowest BCUT2D eigenvalue weighted by molar-refractivity contribution is -0.109. The van der Waals surface area contributed by atoms with Crippen LogP contribution in [0.25, 0.3) is 16.9 Å². The maximum atomic E-state index is 9.63. The lowest BCUT2D eigenvalue weighted by atomic mass is 10.0. The number of imidazole rings is 1. The van der Waals surface area contributed by atoms with Crippen molar-refractivity contribution in [1.29, 1.82) is 0 Å². The molecular formula is C27H37N9OS. The monoisotopic (exact) mass is 535 g/mol. The van der Waals surface area contributed by atoms with E-state index in [0.717, 1.165) is 90.1 Å². The van der Waals surface area contributed by atoms with Crippen LogP contribution in [0.5, 0.6) is 0 Å². The molecule has 0 aromatic carbocycles. The van der Waals surface area contributed by atoms with Crippen LogP contribution in [0.3, 0.4) is 0 Å². The molecule has 11 heteroatoms. The van der Waals surface area contributed by atoms with Gasteiger partial charge in [-0.05, 0) is 75.5 Å². The van der Waals surface area contributed by atoms with Crippen molar-refractivity contribution in [3.05, 3.63) is 42.2 Å². The largest absolute Gasteiger partial charge is 0.358 e. The highest BCUT2D eigenvalue weighted by Crippen LogP contribution is 2.29. The number of anilines is 2. The van der Waals surface area contributed by atoms with E-state index in [9.17, 15) is 4.79 Å². The molecule has 0 spiro atoms. The van der Waals surface area contributed by atoms with Crippen molar-refractivity contribution in [2.45, 2.75) is 59.5 Å². The second-order valence-corrected chi connectivity index (χ2v) is 11.2. The zero-order valence-electron chi connectivity index (χ0n) is 22.4. The molecule has 1 aliphatic heterocycles. The summed E-state index contributed by atoms with van der Waals surface area (Å²) in [5.41, 5.74) is 4.88. The molecule has 38 heavy (non-hydrogen) atoms. The summed E-state index contributed by atoms with van der Waals surface area (Å²) in [5, 5.41) is 11.5. The van der Waals surface area contributed by atoms with Gasteiger partial charge in [0.25, 0.3) is 0 Å². The maximum absolute atomic E-state index is 9.63. The number of amides is 1. The summed E-state index contributed by atoms with van der Waals surface area (Å²) >= 11 is 1.48. The SMILES string of the molecule is CCn1cc(-c2cnc3c(Nc4cc(CN5CCCC(C)C5)ns4)nc(C)cn23)cn1.O=CNCC1CC1. The minimum atomic E-state index is 0.746. The first-order valence-corrected chi connectivity index (χ1v) is 14.3. The van der Waals surface area contributed by atoms with Crippen molar-refractivity contribution in [3.63, 3.8) is 0 Å². The summed E-state index contributed by atoms with van der Waals surface area (Å²) in [4.78, 5) is 21.5. The van der Waals surface area contributed by atoms with Crippen molar-refractivity contribution >= 4 is 34.4 Å². The molecule has 5 heterocycles. The second kappa shape index (κ2) is 12.0. The van der Waals surface area contributed by atoms with Crippen LogP contribution in [0.1, 0.15) is 50.9 Å². The Kier molecular flexibility index (Phi) is 8.33. The third kappa shape index (κ3) is 6.57. The second-order valence-electron chi connectivity index (χ2n) is 10.4. The van der Waals surface area contributed by atoms with Gasteiger partial charge in [-0.1, -0.05) is 6.92 Å². The van der Waals surface area contributed by atoms with Crippen LogP contribution in [0.2, 0.25) is 0 Å². The van der Waals surface area contributed by atoms with Gasteiger partial charge < -0.3 is 10.6 Å². The molecule has 1 saturated heterocycles. The van der Waals surface area contributed by atoms with Gasteiger partial charge in [0.1, 0.15) is 5.00 Å². The first kappa shape index (κ1) is 26.3. The zero-order valence-corrected chi connectivity index (χ0v) is 23.2. The number of carbonyl (C=O) groups excluding carboxylic acids is 1. The Morgan fingerprint density at radius 3 is 2.82 bits per heavy atom. The van der Waals surface area contributed by atoms with Crippen molar-refractivity contribution < 1.29 is 4.79 Å². The first-order chi connectivity index (χ1) is 18.5. The molecule has 4 aromatic rings. The van der Waals surface area contributed by atoms with Crippen LogP contribution >= 0.6 is 11.5 Å². The van der Waals surface area contributed by atoms with E-state index in [0.29, 0.717) is 0 Å². The molecule has 1 amide bonds. The van der Waals surface area contributed by atoms with Crippen LogP contribution in [0, 0.1) is 18.8 Å². The molecule has 0 radical (unpaired) electrons. The molecule has 4 aromatic heterocycles. The van der Waals surface area contributed by atoms with Gasteiger partial charge in [0.15, 0.2) is 11.5 Å². The van der Waals surface area contributed by atoms with Crippen LogP contribution in [-0.4, -0.2) is 59.5 Å². The van der Waals surface area contributed by atoms with Gasteiger partial charge in [-0.25, -0.2) is 9.97 Å². The number of aryl methyl sites for hydroxylation is 2. The molecule has 202 valence electrons. The van der Waals surface area contributed by atoms with E-state index in [2.05, 4.69) is 54.3 Å². The van der Waals surface area contributed by atoms with E-state index in [-0.39, 0.29) is 0 Å². The molecule has 2 aliphatic rings. The minimum Gasteiger partial charge on any atom is -0.358 e. The predicted molar refractivity (Wildman–Crippen MR) is 150 cm³/mol. The Labute approximate surface area is 227 Å². The molecule has 6 rings (SSSR count). The Hall–Kier alpha value is -3.31. The standard InChI is InChI=1S/C22H28N8S.C5H9NO/c1-4-29-13-17(9-24-29)19-10-23-22-21(25-16(3)12-30(19)22)26-20-8-18(27-31-20)14-28-7-5-6-15(2)11-28;7-4-6-3-5-1-2-5/h8-10,12-13,15H,4-7,11,14H2,1-3H3,(H,25,26);4-5H,1-3H2,(H,6,7). The van der Waals surface area contributed by atoms with Crippen LogP contribution in [0.4, 0.5) is 10.8 Å². The topological polar surface area (TPSA) is 105 Å². The number of rotatable bonds is 9. The summed E-state index contributed by atoms with van der Waals surface area (Å²) in [7, 11) is 0. The molecule has 1 saturated carbocycles. The number of hydrogen-bond donors (Lipinski definition) is 2. The Morgan fingerprint density at radius 2 is 2.08 bits per heavy atom. The summed E-state index contributed by atoms with van der Waals surface area (Å²) in [5.74, 6) is 2.33. The van der Waals surface area contributed by atoms with Gasteiger partial charge in [-0.15, -0.1) is 0 Å². The molecule has 1 aliphatic carbocycles. The number of carbonyl (C=O) groups is 1. The van der Waals surface area contributed by atoms with E-state index in [1.165, 1.54) is 37.2 Å². The van der Waals surface area contributed by atoms with Crippen LogP contribution in [0.15, 0.2) is 30.9 Å². The molecule has 2 fully saturated rings. The Bertz CT molecular complexity index is 1360. The Morgan fingerprint density at radius 1 is 1.21 bits per heavy atom. The fourth-order valence-corrected chi connectivity index (χ4v) is 5.49. The van der Waals surface area contributed by atoms with Crippen molar-refractivity contribution in [2.24, 2.45) is 11.8 Å². The number of piperidine rings is 1. The molecule has 10 nitrogen and oxygen atoms in total. The van der Waals surface area contributed by atoms with Gasteiger partial charge in [-0.2, -0.15) is 9.47 Å². The van der Waals surface area contributed by atoms with Gasteiger partial charge >= 0.3 is 0 Å². The average molecular weight is 536 g/mol. The van der Waals surface area contributed by atoms with Crippen LogP contribution in [-0.2, 0) is 17.9 Å². The van der Waals surface area contributed by atoms with E-state index in [4.69, 9.17) is 4.98 Å². The van der Waals surface area contributed by atoms with Crippen molar-refractivity contribution in [2.75, 3.05) is 25.0 Å². The van der Waals surface area contributed by atoms with E-state index < -0.39 is 0 Å². The number of nitrogens with zero attached hydrogens (tertiary/aromatic N) is 7. The smallest absolute Gasteiger partial charge is 0.207 e. The quantitative estimate of drug-likeness (QED) is 0.304. The lowest BCUT2D eigenvalue weighted by Gasteiger charge is -2.30. The van der Waals surface area contributed by atoms with Gasteiger partial charge in [0.2, 0.25) is 6.41 Å². The number of aromatic nitrogens is 6. The number of likely N-dealkylation sites (tertiary alicyclic amines) is 1. The van der Waals surface area contributed by atoms with Gasteiger partial charge in [-0.3, -0.25) is 18.8 Å². The average Bonchev–Trinajstić information content (AvgIpc) is 3.24. The molecule has 0 bridgehead atoms. The third-order valence-corrected chi connectivity index (χ3v) is 7.72. The van der Waals surface area contributed by atoms with E-state index >= 15 is 0 Å². The fraction of sp³-hybridized carbons (Fsp3) is 0.519. The predicted octanol–water partition coefficient (Wildman–Crippen LogP) is 4.50. The maximum Gasteiger partial charge on any atom is 0.207 e. The zero-order chi connectivity index (χ0) is 26.5. The van der Waals surface area contributed by atoms with Gasteiger partial charge in [0.05, 0.1) is 29.5 Å². The molecular weight excluding hydrogens is 498 g/mol. The minimum absolute atomic E-state index is 0.746. The van der Waals surface area contributed by atoms with E-state index in [1.807, 2.05) is 36.4 Å². The summed E-state index contributed by atoms with van der Waals surface area (Å²) in [6, 6.07) is 2.14. The van der Waals surface area contributed by atoms with Gasteiger partial charge in [0, 0.05) is 44.1 Å². The number of fused-ring (bicyclic) bond motifs is 1. The highest BCUT2D eigenvalue weighted by atomic mass is 32.1. The van der Waals surface area contributed by atoms with E-state index in [1.54, 1.807) is 0 Å². The summed E-state index contributed by atoms with van der Waals surface area (Å²) in [6.45, 7) is 11.4. The normalized spacial score (nSPS) is 17.7. The lowest BCUT2D eigenvalue weighted by Crippen LogP contribution is -2.33. The highest BCUT2D eigenvalue weighted by molar-refractivity contribution is 7.10.